The second-order valence-electron chi connectivity index (χ2n) is 7.58. The summed E-state index contributed by atoms with van der Waals surface area (Å²) in [6, 6.07) is 17.9. The first kappa shape index (κ1) is 21.8. The first-order valence-corrected chi connectivity index (χ1v) is 11.4. The number of benzene rings is 2. The van der Waals surface area contributed by atoms with Gasteiger partial charge in [0, 0.05) is 13.1 Å². The molecule has 0 aliphatic carbocycles. The number of fused-ring (bicyclic) bond motifs is 1. The molecular weight excluding hydrogens is 414 g/mol. The number of aliphatic imine (C=N–C) groups is 1. The fourth-order valence-corrected chi connectivity index (χ4v) is 4.95. The highest BCUT2D eigenvalue weighted by Crippen LogP contribution is 2.34. The van der Waals surface area contributed by atoms with Crippen molar-refractivity contribution in [1.82, 2.24) is 10.6 Å². The summed E-state index contributed by atoms with van der Waals surface area (Å²) < 4.78 is 5.80. The number of hydrogen-bond acceptors (Lipinski definition) is 6. The fourth-order valence-electron chi connectivity index (χ4n) is 3.77. The summed E-state index contributed by atoms with van der Waals surface area (Å²) in [5.41, 5.74) is 2.93. The molecule has 0 unspecified atom stereocenters. The minimum absolute atomic E-state index is 0.411. The van der Waals surface area contributed by atoms with Crippen LogP contribution in [-0.2, 0) is 16.0 Å². The van der Waals surface area contributed by atoms with E-state index in [9.17, 15) is 15.0 Å². The van der Waals surface area contributed by atoms with Gasteiger partial charge in [-0.05, 0) is 30.0 Å². The highest BCUT2D eigenvalue weighted by Gasteiger charge is 2.51. The van der Waals surface area contributed by atoms with E-state index in [0.29, 0.717) is 24.7 Å². The number of amides is 1. The molecular formula is C23H27N3O4S. The zero-order valence-corrected chi connectivity index (χ0v) is 18.1. The smallest absolute Gasteiger partial charge is 0.252 e. The molecule has 8 heteroatoms. The zero-order chi connectivity index (χ0) is 21.8. The summed E-state index contributed by atoms with van der Waals surface area (Å²) in [5, 5.41) is 27.4. The number of nitrogens with zero attached hydrogens (tertiary/aromatic N) is 1. The summed E-state index contributed by atoms with van der Waals surface area (Å²) in [6.07, 6.45) is -2.88. The van der Waals surface area contributed by atoms with E-state index in [-0.39, 0.29) is 0 Å². The van der Waals surface area contributed by atoms with Crippen LogP contribution in [0.5, 0.6) is 0 Å². The quantitative estimate of drug-likeness (QED) is 0.542. The maximum atomic E-state index is 12.6. The second kappa shape index (κ2) is 9.82. The van der Waals surface area contributed by atoms with Crippen LogP contribution in [0.25, 0.3) is 11.1 Å². The van der Waals surface area contributed by atoms with Gasteiger partial charge in [0.25, 0.3) is 5.91 Å². The number of thioether (sulfide) groups is 1. The van der Waals surface area contributed by atoms with Crippen LogP contribution in [0.15, 0.2) is 59.6 Å². The molecule has 0 aromatic heterocycles. The SMILES string of the molecule is CCN=C1N[C@@H]2[C@@H](O)[C@H](O)[C@@H](C(=O)NCCc3ccc(-c4ccccc4)cc3)O[C@@H]2S1. The topological polar surface area (TPSA) is 103 Å². The largest absolute Gasteiger partial charge is 0.388 e. The number of amidine groups is 1. The molecule has 2 saturated heterocycles. The third-order valence-electron chi connectivity index (χ3n) is 5.45. The van der Waals surface area contributed by atoms with E-state index in [2.05, 4.69) is 39.9 Å². The molecule has 2 aromatic rings. The Morgan fingerprint density at radius 1 is 1.10 bits per heavy atom. The average Bonchev–Trinajstić information content (AvgIpc) is 3.20. The fraction of sp³-hybridized carbons (Fsp3) is 0.391. The Kier molecular flexibility index (Phi) is 6.92. The lowest BCUT2D eigenvalue weighted by Crippen LogP contribution is -2.62. The third kappa shape index (κ3) is 4.93. The van der Waals surface area contributed by atoms with Crippen molar-refractivity contribution in [2.45, 2.75) is 43.1 Å². The highest BCUT2D eigenvalue weighted by atomic mass is 32.2. The lowest BCUT2D eigenvalue weighted by Gasteiger charge is -2.38. The van der Waals surface area contributed by atoms with Gasteiger partial charge in [-0.25, -0.2) is 0 Å². The predicted molar refractivity (Wildman–Crippen MR) is 122 cm³/mol. The van der Waals surface area contributed by atoms with Crippen molar-refractivity contribution in [2.24, 2.45) is 4.99 Å². The van der Waals surface area contributed by atoms with Crippen LogP contribution in [0.4, 0.5) is 0 Å². The Balaban J connectivity index is 1.30. The van der Waals surface area contributed by atoms with Gasteiger partial charge in [0.05, 0.1) is 6.04 Å². The Bertz CT molecular complexity index is 922. The van der Waals surface area contributed by atoms with Crippen LogP contribution in [0, 0.1) is 0 Å². The van der Waals surface area contributed by atoms with Gasteiger partial charge in [0.2, 0.25) is 0 Å². The monoisotopic (exact) mass is 441 g/mol. The Morgan fingerprint density at radius 3 is 2.52 bits per heavy atom. The second-order valence-corrected chi connectivity index (χ2v) is 8.66. The molecule has 0 spiro atoms. The summed E-state index contributed by atoms with van der Waals surface area (Å²) in [6.45, 7) is 2.92. The van der Waals surface area contributed by atoms with Crippen molar-refractivity contribution in [3.05, 3.63) is 60.2 Å². The van der Waals surface area contributed by atoms with Gasteiger partial charge in [-0.3, -0.25) is 9.79 Å². The van der Waals surface area contributed by atoms with Crippen molar-refractivity contribution in [1.29, 1.82) is 0 Å². The average molecular weight is 442 g/mol. The molecule has 31 heavy (non-hydrogen) atoms. The summed E-state index contributed by atoms with van der Waals surface area (Å²) in [7, 11) is 0. The van der Waals surface area contributed by atoms with Crippen molar-refractivity contribution >= 4 is 22.8 Å². The van der Waals surface area contributed by atoms with E-state index in [1.54, 1.807) is 0 Å². The van der Waals surface area contributed by atoms with Gasteiger partial charge in [-0.15, -0.1) is 0 Å². The van der Waals surface area contributed by atoms with Gasteiger partial charge in [-0.2, -0.15) is 0 Å². The molecule has 4 N–H and O–H groups in total. The third-order valence-corrected chi connectivity index (χ3v) is 6.56. The molecule has 0 radical (unpaired) electrons. The standard InChI is InChI=1S/C23H27N3O4S/c1-2-24-23-26-17-18(27)19(28)20(30-22(17)31-23)21(29)25-13-12-14-8-10-16(11-9-14)15-6-4-3-5-7-15/h3-11,17-20,22,27-28H,2,12-13H2,1H3,(H,24,26)(H,25,29)/t17-,18-,19+,20+,22-/m1/s1. The van der Waals surface area contributed by atoms with Crippen molar-refractivity contribution in [2.75, 3.05) is 13.1 Å². The van der Waals surface area contributed by atoms with Gasteiger partial charge in [-0.1, -0.05) is 66.4 Å². The molecule has 164 valence electrons. The minimum atomic E-state index is -1.31. The van der Waals surface area contributed by atoms with Gasteiger partial charge in [0.15, 0.2) is 11.3 Å². The summed E-state index contributed by atoms with van der Waals surface area (Å²) >= 11 is 1.33. The Labute approximate surface area is 185 Å². The molecule has 2 heterocycles. The molecule has 0 saturated carbocycles. The Morgan fingerprint density at radius 2 is 1.81 bits per heavy atom. The van der Waals surface area contributed by atoms with Crippen LogP contribution in [-0.4, -0.2) is 64.2 Å². The molecule has 2 aliphatic rings. The van der Waals surface area contributed by atoms with Crippen LogP contribution >= 0.6 is 11.8 Å². The van der Waals surface area contributed by atoms with Gasteiger partial charge in [0.1, 0.15) is 17.6 Å². The molecule has 2 aromatic carbocycles. The summed E-state index contributed by atoms with van der Waals surface area (Å²) in [5.74, 6) is -0.424. The number of carbonyl (C=O) groups is 1. The number of aliphatic hydroxyl groups is 2. The van der Waals surface area contributed by atoms with E-state index in [1.807, 2.05) is 37.3 Å². The maximum absolute atomic E-state index is 12.6. The number of rotatable bonds is 6. The van der Waals surface area contributed by atoms with Crippen molar-refractivity contribution in [3.63, 3.8) is 0 Å². The van der Waals surface area contributed by atoms with E-state index in [1.165, 1.54) is 11.8 Å². The van der Waals surface area contributed by atoms with Crippen molar-refractivity contribution in [3.8, 4) is 11.1 Å². The minimum Gasteiger partial charge on any atom is -0.388 e. The number of nitrogens with one attached hydrogen (secondary N) is 2. The molecule has 1 amide bonds. The van der Waals surface area contributed by atoms with Crippen LogP contribution < -0.4 is 10.6 Å². The predicted octanol–water partition coefficient (Wildman–Crippen LogP) is 1.54. The zero-order valence-electron chi connectivity index (χ0n) is 17.3. The molecule has 2 fully saturated rings. The van der Waals surface area contributed by atoms with Crippen LogP contribution in [0.3, 0.4) is 0 Å². The number of hydrogen-bond donors (Lipinski definition) is 4. The van der Waals surface area contributed by atoms with E-state index in [0.717, 1.165) is 16.7 Å². The van der Waals surface area contributed by atoms with Crippen LogP contribution in [0.2, 0.25) is 0 Å². The molecule has 7 nitrogen and oxygen atoms in total. The first-order valence-electron chi connectivity index (χ1n) is 10.5. The lowest BCUT2D eigenvalue weighted by molar-refractivity contribution is -0.172. The maximum Gasteiger partial charge on any atom is 0.252 e. The number of ether oxygens (including phenoxy) is 1. The highest BCUT2D eigenvalue weighted by molar-refractivity contribution is 8.14. The van der Waals surface area contributed by atoms with Crippen molar-refractivity contribution < 1.29 is 19.7 Å². The molecule has 5 atom stereocenters. The number of carbonyl (C=O) groups excluding carboxylic acids is 1. The first-order chi connectivity index (χ1) is 15.1. The lowest BCUT2D eigenvalue weighted by atomic mass is 9.97. The Hall–Kier alpha value is -2.39. The van der Waals surface area contributed by atoms with Gasteiger partial charge < -0.3 is 25.6 Å². The van der Waals surface area contributed by atoms with Gasteiger partial charge >= 0.3 is 0 Å². The molecule has 2 aliphatic heterocycles. The molecule has 4 rings (SSSR count). The summed E-state index contributed by atoms with van der Waals surface area (Å²) in [4.78, 5) is 16.9. The van der Waals surface area contributed by atoms with Crippen LogP contribution in [0.1, 0.15) is 12.5 Å². The van der Waals surface area contributed by atoms with E-state index < -0.39 is 35.7 Å². The molecule has 0 bridgehead atoms. The van der Waals surface area contributed by atoms with E-state index >= 15 is 0 Å². The normalized spacial score (nSPS) is 28.7. The number of aliphatic hydroxyl groups excluding tert-OH is 2. The van der Waals surface area contributed by atoms with E-state index in [4.69, 9.17) is 4.74 Å².